The highest BCUT2D eigenvalue weighted by Crippen LogP contribution is 2.16. The summed E-state index contributed by atoms with van der Waals surface area (Å²) in [4.78, 5) is 16.1. The van der Waals surface area contributed by atoms with Crippen LogP contribution in [0, 0.1) is 0 Å². The summed E-state index contributed by atoms with van der Waals surface area (Å²) in [6, 6.07) is 0. The van der Waals surface area contributed by atoms with Gasteiger partial charge in [0.05, 0.1) is 0 Å². The topological polar surface area (TPSA) is 61.4 Å². The summed E-state index contributed by atoms with van der Waals surface area (Å²) >= 11 is 1.30. The normalized spacial score (nSPS) is 17.5. The van der Waals surface area contributed by atoms with Gasteiger partial charge in [-0.05, 0) is 7.05 Å². The van der Waals surface area contributed by atoms with E-state index in [1.165, 1.54) is 11.3 Å². The first-order chi connectivity index (χ1) is 7.70. The third kappa shape index (κ3) is 2.30. The van der Waals surface area contributed by atoms with E-state index in [-0.39, 0.29) is 5.91 Å². The fourth-order valence-corrected chi connectivity index (χ4v) is 2.22. The lowest BCUT2D eigenvalue weighted by Gasteiger charge is -2.31. The van der Waals surface area contributed by atoms with E-state index in [0.29, 0.717) is 10.1 Å². The van der Waals surface area contributed by atoms with Crippen molar-refractivity contribution in [1.82, 2.24) is 20.0 Å². The Morgan fingerprint density at radius 3 is 2.56 bits per heavy atom. The number of aromatic nitrogens is 2. The zero-order valence-corrected chi connectivity index (χ0v) is 10.3. The van der Waals surface area contributed by atoms with Gasteiger partial charge in [-0.2, -0.15) is 0 Å². The van der Waals surface area contributed by atoms with Gasteiger partial charge in [-0.15, -0.1) is 10.2 Å². The lowest BCUT2D eigenvalue weighted by atomic mass is 10.3. The molecule has 1 amide bonds. The van der Waals surface area contributed by atoms with E-state index >= 15 is 0 Å². The molecule has 0 radical (unpaired) electrons. The minimum atomic E-state index is -0.00731. The van der Waals surface area contributed by atoms with Crippen LogP contribution in [0.5, 0.6) is 0 Å². The van der Waals surface area contributed by atoms with E-state index in [2.05, 4.69) is 27.5 Å². The number of amides is 1. The number of hydrogen-bond donors (Lipinski definition) is 1. The molecule has 0 saturated carbocycles. The molecule has 7 heteroatoms. The number of carbonyl (C=O) groups excluding carboxylic acids is 1. The van der Waals surface area contributed by atoms with Crippen LogP contribution >= 0.6 is 11.3 Å². The molecule has 0 aliphatic carbocycles. The van der Waals surface area contributed by atoms with Crippen molar-refractivity contribution < 1.29 is 4.79 Å². The number of likely N-dealkylation sites (N-methyl/N-ethyl adjacent to an activating group) is 1. The van der Waals surface area contributed by atoms with Crippen molar-refractivity contribution in [2.45, 2.75) is 0 Å². The van der Waals surface area contributed by atoms with Crippen LogP contribution in [0.4, 0.5) is 5.13 Å². The van der Waals surface area contributed by atoms with Gasteiger partial charge >= 0.3 is 0 Å². The van der Waals surface area contributed by atoms with Crippen LogP contribution in [0.2, 0.25) is 0 Å². The first-order valence-corrected chi connectivity index (χ1v) is 6.01. The highest BCUT2D eigenvalue weighted by Gasteiger charge is 2.23. The number of hydrogen-bond acceptors (Lipinski definition) is 6. The molecule has 1 aromatic rings. The van der Waals surface area contributed by atoms with Gasteiger partial charge in [0, 0.05) is 33.2 Å². The molecule has 1 aliphatic heterocycles. The predicted molar refractivity (Wildman–Crippen MR) is 62.9 cm³/mol. The average Bonchev–Trinajstić information content (AvgIpc) is 2.77. The fraction of sp³-hybridized carbons (Fsp3) is 0.667. The van der Waals surface area contributed by atoms with Gasteiger partial charge < -0.3 is 15.1 Å². The zero-order valence-electron chi connectivity index (χ0n) is 9.43. The maximum absolute atomic E-state index is 12.0. The van der Waals surface area contributed by atoms with Gasteiger partial charge in [0.15, 0.2) is 0 Å². The molecule has 16 heavy (non-hydrogen) atoms. The monoisotopic (exact) mass is 241 g/mol. The Kier molecular flexibility index (Phi) is 3.35. The van der Waals surface area contributed by atoms with E-state index in [1.807, 2.05) is 4.90 Å². The van der Waals surface area contributed by atoms with Crippen LogP contribution in [0.15, 0.2) is 0 Å². The maximum atomic E-state index is 12.0. The maximum Gasteiger partial charge on any atom is 0.284 e. The van der Waals surface area contributed by atoms with Gasteiger partial charge in [0.1, 0.15) is 0 Å². The molecule has 6 nitrogen and oxygen atoms in total. The largest absolute Gasteiger partial charge is 0.363 e. The molecular formula is C9H15N5OS. The second-order valence-corrected chi connectivity index (χ2v) is 4.74. The Balaban J connectivity index is 2.01. The van der Waals surface area contributed by atoms with E-state index in [1.54, 1.807) is 7.05 Å². The molecule has 1 N–H and O–H groups in total. The molecule has 0 atom stereocenters. The molecule has 88 valence electrons. The lowest BCUT2D eigenvalue weighted by molar-refractivity contribution is 0.0663. The van der Waals surface area contributed by atoms with E-state index < -0.39 is 0 Å². The molecule has 1 aromatic heterocycles. The molecule has 1 fully saturated rings. The Hall–Kier alpha value is -1.21. The van der Waals surface area contributed by atoms with Crippen LogP contribution in [-0.4, -0.2) is 66.2 Å². The minimum Gasteiger partial charge on any atom is -0.363 e. The fourth-order valence-electron chi connectivity index (χ4n) is 1.56. The van der Waals surface area contributed by atoms with Gasteiger partial charge in [-0.3, -0.25) is 4.79 Å². The number of anilines is 1. The van der Waals surface area contributed by atoms with Crippen molar-refractivity contribution in [2.75, 3.05) is 45.6 Å². The summed E-state index contributed by atoms with van der Waals surface area (Å²) in [5.41, 5.74) is 0. The number of piperazine rings is 1. The first kappa shape index (κ1) is 11.3. The smallest absolute Gasteiger partial charge is 0.284 e. The highest BCUT2D eigenvalue weighted by atomic mass is 32.1. The molecule has 1 aliphatic rings. The van der Waals surface area contributed by atoms with Gasteiger partial charge in [-0.1, -0.05) is 11.3 Å². The van der Waals surface area contributed by atoms with Crippen molar-refractivity contribution in [3.63, 3.8) is 0 Å². The van der Waals surface area contributed by atoms with Crippen LogP contribution in [-0.2, 0) is 0 Å². The predicted octanol–water partition coefficient (Wildman–Crippen LogP) is -0.0326. The Morgan fingerprint density at radius 1 is 1.31 bits per heavy atom. The number of nitrogens with one attached hydrogen (secondary N) is 1. The number of carbonyl (C=O) groups is 1. The van der Waals surface area contributed by atoms with Gasteiger partial charge in [0.2, 0.25) is 10.1 Å². The molecule has 0 bridgehead atoms. The molecule has 0 spiro atoms. The molecule has 2 rings (SSSR count). The van der Waals surface area contributed by atoms with E-state index in [9.17, 15) is 4.79 Å². The average molecular weight is 241 g/mol. The second kappa shape index (κ2) is 4.75. The minimum absolute atomic E-state index is 0.00731. The molecule has 1 saturated heterocycles. The summed E-state index contributed by atoms with van der Waals surface area (Å²) < 4.78 is 0. The van der Waals surface area contributed by atoms with Gasteiger partial charge in [0.25, 0.3) is 5.91 Å². The number of rotatable bonds is 2. The third-order valence-corrected chi connectivity index (χ3v) is 3.54. The Morgan fingerprint density at radius 2 is 2.00 bits per heavy atom. The zero-order chi connectivity index (χ0) is 11.5. The highest BCUT2D eigenvalue weighted by molar-refractivity contribution is 7.17. The molecule has 0 aromatic carbocycles. The molecular weight excluding hydrogens is 226 g/mol. The summed E-state index contributed by atoms with van der Waals surface area (Å²) in [7, 11) is 3.83. The summed E-state index contributed by atoms with van der Waals surface area (Å²) in [6.45, 7) is 3.38. The molecule has 0 unspecified atom stereocenters. The Bertz CT molecular complexity index is 372. The quantitative estimate of drug-likeness (QED) is 0.787. The lowest BCUT2D eigenvalue weighted by Crippen LogP contribution is -2.47. The van der Waals surface area contributed by atoms with Crippen LogP contribution in [0.3, 0.4) is 0 Å². The molecule has 2 heterocycles. The van der Waals surface area contributed by atoms with Crippen molar-refractivity contribution in [3.05, 3.63) is 5.01 Å². The summed E-state index contributed by atoms with van der Waals surface area (Å²) in [5, 5.41) is 11.8. The van der Waals surface area contributed by atoms with Crippen LogP contribution in [0.1, 0.15) is 9.80 Å². The van der Waals surface area contributed by atoms with E-state index in [4.69, 9.17) is 0 Å². The van der Waals surface area contributed by atoms with Crippen molar-refractivity contribution >= 4 is 22.4 Å². The summed E-state index contributed by atoms with van der Waals surface area (Å²) in [5.74, 6) is -0.00731. The van der Waals surface area contributed by atoms with Crippen molar-refractivity contribution in [1.29, 1.82) is 0 Å². The SMILES string of the molecule is CNc1nnc(C(=O)N2CCN(C)CC2)s1. The van der Waals surface area contributed by atoms with Crippen molar-refractivity contribution in [2.24, 2.45) is 0 Å². The Labute approximate surface area is 98.3 Å². The summed E-state index contributed by atoms with van der Waals surface area (Å²) in [6.07, 6.45) is 0. The van der Waals surface area contributed by atoms with Crippen LogP contribution in [0.25, 0.3) is 0 Å². The number of nitrogens with zero attached hydrogens (tertiary/aromatic N) is 4. The third-order valence-electron chi connectivity index (χ3n) is 2.61. The van der Waals surface area contributed by atoms with Gasteiger partial charge in [-0.25, -0.2) is 0 Å². The van der Waals surface area contributed by atoms with E-state index in [0.717, 1.165) is 26.2 Å². The van der Waals surface area contributed by atoms with Crippen molar-refractivity contribution in [3.8, 4) is 0 Å². The standard InChI is InChI=1S/C9H15N5OS/c1-10-9-12-11-7(16-9)8(15)14-5-3-13(2)4-6-14/h3-6H2,1-2H3,(H,10,12). The first-order valence-electron chi connectivity index (χ1n) is 5.20. The second-order valence-electron chi connectivity index (χ2n) is 3.76. The van der Waals surface area contributed by atoms with Crippen LogP contribution < -0.4 is 5.32 Å².